The number of alkyl carbamates (subject to hydrolysis) is 1. The summed E-state index contributed by atoms with van der Waals surface area (Å²) in [5.74, 6) is 0.814. The van der Waals surface area contributed by atoms with Crippen LogP contribution in [0.5, 0.6) is 0 Å². The number of piperidine rings is 1. The number of ether oxygens (including phenoxy) is 1. The maximum absolute atomic E-state index is 11.4. The van der Waals surface area contributed by atoms with Crippen LogP contribution in [0.4, 0.5) is 4.79 Å². The zero-order valence-corrected chi connectivity index (χ0v) is 8.92. The summed E-state index contributed by atoms with van der Waals surface area (Å²) < 4.78 is 5.43. The summed E-state index contributed by atoms with van der Waals surface area (Å²) in [7, 11) is 0. The van der Waals surface area contributed by atoms with Crippen molar-refractivity contribution in [3.05, 3.63) is 0 Å². The summed E-state index contributed by atoms with van der Waals surface area (Å²) in [6, 6.07) is 0. The van der Waals surface area contributed by atoms with Crippen LogP contribution in [0.1, 0.15) is 32.1 Å². The molecule has 0 aromatic heterocycles. The maximum Gasteiger partial charge on any atom is 0.408 e. The van der Waals surface area contributed by atoms with Crippen molar-refractivity contribution in [3.8, 4) is 0 Å². The van der Waals surface area contributed by atoms with Crippen LogP contribution in [0, 0.1) is 5.92 Å². The first-order valence-electron chi connectivity index (χ1n) is 5.98. The van der Waals surface area contributed by atoms with Crippen LogP contribution in [0.3, 0.4) is 0 Å². The zero-order valence-electron chi connectivity index (χ0n) is 8.92. The second-order valence-corrected chi connectivity index (χ2v) is 5.10. The largest absolute Gasteiger partial charge is 0.444 e. The lowest BCUT2D eigenvalue weighted by atomic mass is 9.81. The Morgan fingerprint density at radius 1 is 1.33 bits per heavy atom. The van der Waals surface area contributed by atoms with Crippen LogP contribution in [0.15, 0.2) is 0 Å². The van der Waals surface area contributed by atoms with Gasteiger partial charge in [-0.05, 0) is 38.3 Å². The van der Waals surface area contributed by atoms with Crippen LogP contribution in [-0.4, -0.2) is 30.8 Å². The number of cyclic esters (lactones) is 1. The Balaban J connectivity index is 1.74. The number of carbonyl (C=O) groups is 1. The molecule has 0 aromatic rings. The lowest BCUT2D eigenvalue weighted by molar-refractivity contribution is 0.0826. The Kier molecular flexibility index (Phi) is 2.12. The standard InChI is InChI=1S/C11H18N2O2/c14-10-13-11(3-5-12-6-4-11)9(15-10)7-8-1-2-8/h8-9,12H,1-7H2,(H,13,14). The van der Waals surface area contributed by atoms with E-state index in [4.69, 9.17) is 4.74 Å². The highest BCUT2D eigenvalue weighted by Gasteiger charge is 2.50. The van der Waals surface area contributed by atoms with Gasteiger partial charge in [-0.2, -0.15) is 0 Å². The van der Waals surface area contributed by atoms with E-state index in [0.717, 1.165) is 38.3 Å². The van der Waals surface area contributed by atoms with Crippen LogP contribution in [-0.2, 0) is 4.74 Å². The molecule has 2 heterocycles. The van der Waals surface area contributed by atoms with Gasteiger partial charge in [-0.3, -0.25) is 0 Å². The lowest BCUT2D eigenvalue weighted by Crippen LogP contribution is -2.55. The highest BCUT2D eigenvalue weighted by atomic mass is 16.6. The zero-order chi connectivity index (χ0) is 10.3. The summed E-state index contributed by atoms with van der Waals surface area (Å²) in [5.41, 5.74) is -0.0507. The number of nitrogens with one attached hydrogen (secondary N) is 2. The maximum atomic E-state index is 11.4. The first-order chi connectivity index (χ1) is 7.28. The van der Waals surface area contributed by atoms with Crippen molar-refractivity contribution in [2.45, 2.75) is 43.7 Å². The molecule has 1 saturated carbocycles. The fraction of sp³-hybridized carbons (Fsp3) is 0.909. The summed E-state index contributed by atoms with van der Waals surface area (Å²) in [4.78, 5) is 11.4. The predicted molar refractivity (Wildman–Crippen MR) is 55.6 cm³/mol. The van der Waals surface area contributed by atoms with E-state index in [9.17, 15) is 4.79 Å². The van der Waals surface area contributed by atoms with Crippen molar-refractivity contribution in [1.82, 2.24) is 10.6 Å². The van der Waals surface area contributed by atoms with Gasteiger partial charge in [-0.25, -0.2) is 4.79 Å². The first-order valence-corrected chi connectivity index (χ1v) is 5.98. The third-order valence-electron chi connectivity index (χ3n) is 3.96. The van der Waals surface area contributed by atoms with E-state index in [1.54, 1.807) is 0 Å². The first kappa shape index (κ1) is 9.46. The summed E-state index contributed by atoms with van der Waals surface area (Å²) >= 11 is 0. The van der Waals surface area contributed by atoms with Gasteiger partial charge in [0.15, 0.2) is 0 Å². The van der Waals surface area contributed by atoms with Gasteiger partial charge in [0.05, 0.1) is 5.54 Å². The van der Waals surface area contributed by atoms with Crippen molar-refractivity contribution >= 4 is 6.09 Å². The summed E-state index contributed by atoms with van der Waals surface area (Å²) in [6.07, 6.45) is 5.65. The number of hydrogen-bond acceptors (Lipinski definition) is 3. The molecule has 2 aliphatic heterocycles. The fourth-order valence-electron chi connectivity index (χ4n) is 2.81. The third kappa shape index (κ3) is 1.71. The molecule has 2 N–H and O–H groups in total. The second-order valence-electron chi connectivity index (χ2n) is 5.10. The van der Waals surface area contributed by atoms with Crippen LogP contribution >= 0.6 is 0 Å². The molecule has 3 rings (SSSR count). The Bertz CT molecular complexity index is 270. The van der Waals surface area contributed by atoms with Gasteiger partial charge >= 0.3 is 6.09 Å². The van der Waals surface area contributed by atoms with Gasteiger partial charge in [-0.1, -0.05) is 12.8 Å². The van der Waals surface area contributed by atoms with E-state index in [0.29, 0.717) is 0 Å². The minimum absolute atomic E-state index is 0.0507. The van der Waals surface area contributed by atoms with Gasteiger partial charge in [0.25, 0.3) is 0 Å². The van der Waals surface area contributed by atoms with Gasteiger partial charge in [0, 0.05) is 0 Å². The Morgan fingerprint density at radius 3 is 2.73 bits per heavy atom. The third-order valence-corrected chi connectivity index (χ3v) is 3.96. The highest BCUT2D eigenvalue weighted by molar-refractivity contribution is 5.71. The molecule has 84 valence electrons. The summed E-state index contributed by atoms with van der Waals surface area (Å²) in [5, 5.41) is 6.38. The van der Waals surface area contributed by atoms with Crippen molar-refractivity contribution in [3.63, 3.8) is 0 Å². The Morgan fingerprint density at radius 2 is 2.07 bits per heavy atom. The van der Waals surface area contributed by atoms with Gasteiger partial charge in [0.1, 0.15) is 6.10 Å². The normalized spacial score (nSPS) is 33.9. The average Bonchev–Trinajstić information content (AvgIpc) is 2.97. The van der Waals surface area contributed by atoms with Crippen molar-refractivity contribution in [2.75, 3.05) is 13.1 Å². The number of hydrogen-bond donors (Lipinski definition) is 2. The molecule has 2 saturated heterocycles. The molecule has 15 heavy (non-hydrogen) atoms. The molecule has 1 amide bonds. The van der Waals surface area contributed by atoms with E-state index in [2.05, 4.69) is 10.6 Å². The smallest absolute Gasteiger partial charge is 0.408 e. The Labute approximate surface area is 89.7 Å². The highest BCUT2D eigenvalue weighted by Crippen LogP contribution is 2.40. The minimum atomic E-state index is -0.206. The molecule has 3 fully saturated rings. The molecule has 0 radical (unpaired) electrons. The van der Waals surface area contributed by atoms with Gasteiger partial charge in [0.2, 0.25) is 0 Å². The fourth-order valence-corrected chi connectivity index (χ4v) is 2.81. The number of amides is 1. The SMILES string of the molecule is O=C1NC2(CCNCC2)C(CC2CC2)O1. The monoisotopic (exact) mass is 210 g/mol. The van der Waals surface area contributed by atoms with E-state index in [-0.39, 0.29) is 17.7 Å². The van der Waals surface area contributed by atoms with Crippen molar-refractivity contribution in [1.29, 1.82) is 0 Å². The minimum Gasteiger partial charge on any atom is -0.444 e. The lowest BCUT2D eigenvalue weighted by Gasteiger charge is -2.36. The molecular formula is C11H18N2O2. The topological polar surface area (TPSA) is 50.4 Å². The van der Waals surface area contributed by atoms with Crippen molar-refractivity contribution in [2.24, 2.45) is 5.92 Å². The number of rotatable bonds is 2. The molecule has 1 aliphatic carbocycles. The predicted octanol–water partition coefficient (Wildman–Crippen LogP) is 1.02. The molecule has 1 unspecified atom stereocenters. The molecule has 1 atom stereocenters. The molecule has 3 aliphatic rings. The number of carbonyl (C=O) groups excluding carboxylic acids is 1. The molecule has 0 aromatic carbocycles. The quantitative estimate of drug-likeness (QED) is 0.715. The second kappa shape index (κ2) is 3.37. The summed E-state index contributed by atoms with van der Waals surface area (Å²) in [6.45, 7) is 1.98. The molecular weight excluding hydrogens is 192 g/mol. The van der Waals surface area contributed by atoms with E-state index >= 15 is 0 Å². The van der Waals surface area contributed by atoms with E-state index in [1.807, 2.05) is 0 Å². The molecule has 0 bridgehead atoms. The van der Waals surface area contributed by atoms with Gasteiger partial charge < -0.3 is 15.4 Å². The molecule has 1 spiro atoms. The van der Waals surface area contributed by atoms with Crippen LogP contribution < -0.4 is 10.6 Å². The van der Waals surface area contributed by atoms with E-state index < -0.39 is 0 Å². The van der Waals surface area contributed by atoms with E-state index in [1.165, 1.54) is 12.8 Å². The van der Waals surface area contributed by atoms with Crippen LogP contribution in [0.25, 0.3) is 0 Å². The molecule has 4 heteroatoms. The van der Waals surface area contributed by atoms with Crippen molar-refractivity contribution < 1.29 is 9.53 Å². The Hall–Kier alpha value is -0.770. The van der Waals surface area contributed by atoms with Crippen LogP contribution in [0.2, 0.25) is 0 Å². The molecule has 4 nitrogen and oxygen atoms in total. The van der Waals surface area contributed by atoms with Gasteiger partial charge in [-0.15, -0.1) is 0 Å². The average molecular weight is 210 g/mol.